The van der Waals surface area contributed by atoms with Crippen LogP contribution in [0.5, 0.6) is 0 Å². The number of nitrogens with one attached hydrogen (secondary N) is 1. The monoisotopic (exact) mass is 501 g/mol. The van der Waals surface area contributed by atoms with Crippen molar-refractivity contribution in [3.63, 3.8) is 0 Å². The Morgan fingerprint density at radius 1 is 1.00 bits per heavy atom. The minimum Gasteiger partial charge on any atom is -0.273 e. The topological polar surface area (TPSA) is 64.0 Å². The predicted molar refractivity (Wildman–Crippen MR) is 119 cm³/mol. The molecule has 1 aromatic heterocycles. The first-order chi connectivity index (χ1) is 14.9. The van der Waals surface area contributed by atoms with Crippen LogP contribution in [0.2, 0.25) is 0 Å². The SMILES string of the molecule is O=C(Cc1cc(F)cc(F)c1)Nn1nc(Sc2ccc(Br)cc2)c2ccccc2c1=O. The third-order valence-electron chi connectivity index (χ3n) is 4.32. The molecule has 0 bridgehead atoms. The molecule has 31 heavy (non-hydrogen) atoms. The van der Waals surface area contributed by atoms with Crippen LogP contribution in [0.15, 0.2) is 85.9 Å². The zero-order chi connectivity index (χ0) is 22.0. The van der Waals surface area contributed by atoms with Crippen LogP contribution in [0, 0.1) is 11.6 Å². The summed E-state index contributed by atoms with van der Waals surface area (Å²) in [5, 5.41) is 5.87. The maximum atomic E-state index is 13.4. The van der Waals surface area contributed by atoms with E-state index < -0.39 is 23.1 Å². The molecule has 0 unspecified atom stereocenters. The highest BCUT2D eigenvalue weighted by Crippen LogP contribution is 2.31. The van der Waals surface area contributed by atoms with E-state index in [1.807, 2.05) is 24.3 Å². The van der Waals surface area contributed by atoms with Crippen LogP contribution in [0.25, 0.3) is 10.8 Å². The van der Waals surface area contributed by atoms with Gasteiger partial charge in [-0.15, -0.1) is 9.89 Å². The summed E-state index contributed by atoms with van der Waals surface area (Å²) >= 11 is 4.73. The molecule has 5 nitrogen and oxygen atoms in total. The quantitative estimate of drug-likeness (QED) is 0.422. The molecule has 4 rings (SSSR count). The summed E-state index contributed by atoms with van der Waals surface area (Å²) in [6, 6.07) is 17.4. The van der Waals surface area contributed by atoms with Crippen LogP contribution < -0.4 is 11.0 Å². The van der Waals surface area contributed by atoms with Gasteiger partial charge in [-0.3, -0.25) is 9.59 Å². The third-order valence-corrected chi connectivity index (χ3v) is 5.85. The van der Waals surface area contributed by atoms with Gasteiger partial charge < -0.3 is 0 Å². The van der Waals surface area contributed by atoms with Gasteiger partial charge in [-0.25, -0.2) is 14.2 Å². The molecule has 3 aromatic carbocycles. The molecular formula is C22H14BrF2N3O2S. The van der Waals surface area contributed by atoms with Gasteiger partial charge >= 0.3 is 0 Å². The Morgan fingerprint density at radius 3 is 2.32 bits per heavy atom. The van der Waals surface area contributed by atoms with Gasteiger partial charge in [-0.2, -0.15) is 0 Å². The van der Waals surface area contributed by atoms with E-state index in [1.165, 1.54) is 11.8 Å². The van der Waals surface area contributed by atoms with Gasteiger partial charge in [-0.05, 0) is 48.0 Å². The molecular weight excluding hydrogens is 488 g/mol. The van der Waals surface area contributed by atoms with Gasteiger partial charge in [0.2, 0.25) is 5.91 Å². The van der Waals surface area contributed by atoms with E-state index in [0.717, 1.165) is 32.4 Å². The number of hydrogen-bond donors (Lipinski definition) is 1. The molecule has 1 N–H and O–H groups in total. The Labute approximate surface area is 188 Å². The number of carbonyl (C=O) groups excluding carboxylic acids is 1. The fraction of sp³-hybridized carbons (Fsp3) is 0.0455. The molecule has 0 atom stereocenters. The molecule has 0 spiro atoms. The maximum absolute atomic E-state index is 13.4. The summed E-state index contributed by atoms with van der Waals surface area (Å²) in [6.07, 6.45) is -0.315. The van der Waals surface area contributed by atoms with Crippen molar-refractivity contribution >= 4 is 44.4 Å². The van der Waals surface area contributed by atoms with Gasteiger partial charge in [0.15, 0.2) is 0 Å². The van der Waals surface area contributed by atoms with Crippen molar-refractivity contribution in [1.82, 2.24) is 9.89 Å². The second-order valence-corrected chi connectivity index (χ2v) is 8.59. The molecule has 0 aliphatic rings. The van der Waals surface area contributed by atoms with E-state index in [2.05, 4.69) is 26.5 Å². The van der Waals surface area contributed by atoms with Crippen LogP contribution in [0.4, 0.5) is 8.78 Å². The number of amides is 1. The molecule has 0 radical (unpaired) electrons. The maximum Gasteiger partial charge on any atom is 0.294 e. The predicted octanol–water partition coefficient (Wildman–Crippen LogP) is 4.90. The smallest absolute Gasteiger partial charge is 0.273 e. The summed E-state index contributed by atoms with van der Waals surface area (Å²) in [5.41, 5.74) is 2.05. The largest absolute Gasteiger partial charge is 0.294 e. The summed E-state index contributed by atoms with van der Waals surface area (Å²) in [7, 11) is 0. The highest BCUT2D eigenvalue weighted by molar-refractivity contribution is 9.10. The van der Waals surface area contributed by atoms with Gasteiger partial charge in [0.05, 0.1) is 11.8 Å². The molecule has 1 amide bonds. The molecule has 156 valence electrons. The lowest BCUT2D eigenvalue weighted by atomic mass is 10.1. The molecule has 0 fully saturated rings. The number of aromatic nitrogens is 2. The van der Waals surface area contributed by atoms with Crippen molar-refractivity contribution in [3.8, 4) is 0 Å². The normalized spacial score (nSPS) is 10.9. The third kappa shape index (κ3) is 5.00. The fourth-order valence-corrected chi connectivity index (χ4v) is 4.15. The standard InChI is InChI=1S/C22H14BrF2N3O2S/c23-14-5-7-17(8-6-14)31-21-18-3-1-2-4-19(18)22(30)28(27-21)26-20(29)11-13-9-15(24)12-16(25)10-13/h1-10,12H,11H2,(H,26,29). The lowest BCUT2D eigenvalue weighted by Crippen LogP contribution is -2.36. The minimum atomic E-state index is -0.781. The number of hydrogen-bond acceptors (Lipinski definition) is 4. The number of fused-ring (bicyclic) bond motifs is 1. The molecule has 4 aromatic rings. The van der Waals surface area contributed by atoms with Crippen LogP contribution >= 0.6 is 27.7 Å². The zero-order valence-corrected chi connectivity index (χ0v) is 18.2. The summed E-state index contributed by atoms with van der Waals surface area (Å²) < 4.78 is 27.7. The Morgan fingerprint density at radius 2 is 1.65 bits per heavy atom. The van der Waals surface area contributed by atoms with E-state index >= 15 is 0 Å². The molecule has 0 saturated carbocycles. The Balaban J connectivity index is 1.67. The van der Waals surface area contributed by atoms with E-state index in [0.29, 0.717) is 15.8 Å². The molecule has 0 aliphatic carbocycles. The van der Waals surface area contributed by atoms with Crippen molar-refractivity contribution < 1.29 is 13.6 Å². The number of benzene rings is 3. The molecule has 1 heterocycles. The first-order valence-electron chi connectivity index (χ1n) is 9.09. The van der Waals surface area contributed by atoms with Crippen LogP contribution in [-0.4, -0.2) is 15.8 Å². The Kier molecular flexibility index (Phi) is 6.15. The summed E-state index contributed by atoms with van der Waals surface area (Å²) in [5.74, 6) is -2.19. The molecule has 0 aliphatic heterocycles. The average molecular weight is 502 g/mol. The highest BCUT2D eigenvalue weighted by Gasteiger charge is 2.14. The lowest BCUT2D eigenvalue weighted by Gasteiger charge is -2.12. The minimum absolute atomic E-state index is 0.147. The second kappa shape index (κ2) is 8.99. The number of carbonyl (C=O) groups is 1. The summed E-state index contributed by atoms with van der Waals surface area (Å²) in [6.45, 7) is 0. The first kappa shape index (κ1) is 21.2. The first-order valence-corrected chi connectivity index (χ1v) is 10.7. The van der Waals surface area contributed by atoms with E-state index in [4.69, 9.17) is 0 Å². The van der Waals surface area contributed by atoms with Gasteiger partial charge in [-0.1, -0.05) is 45.9 Å². The highest BCUT2D eigenvalue weighted by atomic mass is 79.9. The summed E-state index contributed by atoms with van der Waals surface area (Å²) in [4.78, 5) is 27.0. The van der Waals surface area contributed by atoms with Crippen LogP contribution in [0.3, 0.4) is 0 Å². The van der Waals surface area contributed by atoms with Gasteiger partial charge in [0.25, 0.3) is 5.56 Å². The Hall–Kier alpha value is -3.04. The fourth-order valence-electron chi connectivity index (χ4n) is 2.98. The number of halogens is 3. The Bertz CT molecular complexity index is 1320. The van der Waals surface area contributed by atoms with Crippen molar-refractivity contribution in [2.75, 3.05) is 5.43 Å². The number of nitrogens with zero attached hydrogens (tertiary/aromatic N) is 2. The lowest BCUT2D eigenvalue weighted by molar-refractivity contribution is -0.116. The van der Waals surface area contributed by atoms with E-state index in [1.54, 1.807) is 24.3 Å². The van der Waals surface area contributed by atoms with Crippen molar-refractivity contribution in [2.24, 2.45) is 0 Å². The van der Waals surface area contributed by atoms with Crippen molar-refractivity contribution in [1.29, 1.82) is 0 Å². The molecule has 9 heteroatoms. The van der Waals surface area contributed by atoms with E-state index in [-0.39, 0.29) is 12.0 Å². The van der Waals surface area contributed by atoms with Crippen molar-refractivity contribution in [3.05, 3.63) is 98.8 Å². The second-order valence-electron chi connectivity index (χ2n) is 6.61. The van der Waals surface area contributed by atoms with Crippen molar-refractivity contribution in [2.45, 2.75) is 16.3 Å². The average Bonchev–Trinajstić information content (AvgIpc) is 2.72. The van der Waals surface area contributed by atoms with E-state index in [9.17, 15) is 18.4 Å². The molecule has 0 saturated heterocycles. The van der Waals surface area contributed by atoms with Gasteiger partial charge in [0.1, 0.15) is 16.7 Å². The number of rotatable bonds is 5. The zero-order valence-electron chi connectivity index (χ0n) is 15.8. The van der Waals surface area contributed by atoms with Crippen LogP contribution in [0.1, 0.15) is 5.56 Å². The van der Waals surface area contributed by atoms with Crippen LogP contribution in [-0.2, 0) is 11.2 Å². The van der Waals surface area contributed by atoms with Gasteiger partial charge in [0, 0.05) is 20.8 Å².